The van der Waals surface area contributed by atoms with Crippen LogP contribution in [-0.4, -0.2) is 6.04 Å². The summed E-state index contributed by atoms with van der Waals surface area (Å²) in [4.78, 5) is 0. The Balaban J connectivity index is 1.52. The summed E-state index contributed by atoms with van der Waals surface area (Å²) in [5.74, 6) is 3.03. The minimum atomic E-state index is 0.515. The smallest absolute Gasteiger partial charge is 0.00986 e. The van der Waals surface area contributed by atoms with Gasteiger partial charge in [0, 0.05) is 6.04 Å². The van der Waals surface area contributed by atoms with Crippen molar-refractivity contribution in [3.05, 3.63) is 0 Å². The molecule has 0 amide bonds. The Hall–Kier alpha value is -0.0400. The third-order valence-electron chi connectivity index (χ3n) is 7.25. The second-order valence-electron chi connectivity index (χ2n) is 9.13. The van der Waals surface area contributed by atoms with Gasteiger partial charge in [-0.15, -0.1) is 0 Å². The van der Waals surface area contributed by atoms with E-state index in [1.54, 1.807) is 0 Å². The Morgan fingerprint density at radius 3 is 2.26 bits per heavy atom. The molecule has 0 radical (unpaired) electrons. The summed E-state index contributed by atoms with van der Waals surface area (Å²) < 4.78 is 0. The molecule has 1 nitrogen and oxygen atoms in total. The maximum Gasteiger partial charge on any atom is 0.00986 e. The van der Waals surface area contributed by atoms with E-state index in [1.165, 1.54) is 70.6 Å². The van der Waals surface area contributed by atoms with E-state index >= 15 is 0 Å². The van der Waals surface area contributed by atoms with Crippen LogP contribution in [-0.2, 0) is 0 Å². The molecule has 4 bridgehead atoms. The predicted octanol–water partition coefficient (Wildman–Crippen LogP) is 4.50. The predicted molar refractivity (Wildman–Crippen MR) is 79.8 cm³/mol. The molecule has 0 saturated heterocycles. The molecule has 5 rings (SSSR count). The molecular weight excluding hydrogens is 230 g/mol. The fourth-order valence-electron chi connectivity index (χ4n) is 7.09. The quantitative estimate of drug-likeness (QED) is 0.795. The second-order valence-corrected chi connectivity index (χ2v) is 9.13. The monoisotopic (exact) mass is 261 g/mol. The highest BCUT2D eigenvalue weighted by atomic mass is 14.8. The molecule has 3 unspecified atom stereocenters. The van der Waals surface area contributed by atoms with Gasteiger partial charge in [0.05, 0.1) is 0 Å². The van der Waals surface area contributed by atoms with Gasteiger partial charge in [-0.3, -0.25) is 0 Å². The summed E-state index contributed by atoms with van der Waals surface area (Å²) in [5.41, 5.74) is 8.03. The van der Waals surface area contributed by atoms with Crippen molar-refractivity contribution in [2.75, 3.05) is 0 Å². The summed E-state index contributed by atoms with van der Waals surface area (Å²) in [6.45, 7) is 2.57. The average Bonchev–Trinajstić information content (AvgIpc) is 2.78. The molecule has 0 aliphatic heterocycles. The third-order valence-corrected chi connectivity index (χ3v) is 7.25. The molecule has 2 N–H and O–H groups in total. The van der Waals surface area contributed by atoms with Gasteiger partial charge >= 0.3 is 0 Å². The summed E-state index contributed by atoms with van der Waals surface area (Å²) in [6, 6.07) is 0.515. The van der Waals surface area contributed by atoms with Crippen LogP contribution in [0.15, 0.2) is 0 Å². The van der Waals surface area contributed by atoms with Gasteiger partial charge in [0.15, 0.2) is 0 Å². The van der Waals surface area contributed by atoms with Crippen LogP contribution in [0.1, 0.15) is 77.6 Å². The topological polar surface area (TPSA) is 26.0 Å². The lowest BCUT2D eigenvalue weighted by Gasteiger charge is -2.63. The average molecular weight is 261 g/mol. The molecule has 5 aliphatic rings. The second kappa shape index (κ2) is 4.23. The van der Waals surface area contributed by atoms with Crippen molar-refractivity contribution in [1.29, 1.82) is 0 Å². The van der Waals surface area contributed by atoms with E-state index in [1.807, 2.05) is 0 Å². The van der Waals surface area contributed by atoms with Crippen LogP contribution in [0.4, 0.5) is 0 Å². The highest BCUT2D eigenvalue weighted by Crippen LogP contribution is 2.66. The zero-order valence-corrected chi connectivity index (χ0v) is 12.7. The van der Waals surface area contributed by atoms with Crippen LogP contribution in [0.3, 0.4) is 0 Å². The maximum absolute atomic E-state index is 6.81. The molecule has 0 aromatic rings. The Bertz CT molecular complexity index is 341. The SMILES string of the molecule is CC12CC3CC(C1)CC(C(N)CC1CCCC1)(C3)C2. The van der Waals surface area contributed by atoms with E-state index in [9.17, 15) is 0 Å². The Morgan fingerprint density at radius 1 is 1.05 bits per heavy atom. The molecule has 0 spiro atoms. The van der Waals surface area contributed by atoms with E-state index in [-0.39, 0.29) is 0 Å². The molecule has 5 fully saturated rings. The minimum absolute atomic E-state index is 0.515. The lowest BCUT2D eigenvalue weighted by Crippen LogP contribution is -2.57. The van der Waals surface area contributed by atoms with Crippen molar-refractivity contribution in [1.82, 2.24) is 0 Å². The zero-order chi connectivity index (χ0) is 13.1. The van der Waals surface area contributed by atoms with Crippen LogP contribution in [0.2, 0.25) is 0 Å². The van der Waals surface area contributed by atoms with Crippen LogP contribution in [0, 0.1) is 28.6 Å². The molecule has 3 atom stereocenters. The van der Waals surface area contributed by atoms with Gasteiger partial charge in [-0.25, -0.2) is 0 Å². The Kier molecular flexibility index (Phi) is 2.82. The molecule has 19 heavy (non-hydrogen) atoms. The number of hydrogen-bond acceptors (Lipinski definition) is 1. The summed E-state index contributed by atoms with van der Waals surface area (Å²) in [7, 11) is 0. The van der Waals surface area contributed by atoms with Crippen molar-refractivity contribution >= 4 is 0 Å². The van der Waals surface area contributed by atoms with Gasteiger partial charge in [-0.05, 0) is 73.5 Å². The van der Waals surface area contributed by atoms with Crippen LogP contribution in [0.5, 0.6) is 0 Å². The highest BCUT2D eigenvalue weighted by molar-refractivity contribution is 5.09. The number of nitrogens with two attached hydrogens (primary N) is 1. The summed E-state index contributed by atoms with van der Waals surface area (Å²) in [5, 5.41) is 0. The molecule has 0 aromatic carbocycles. The first kappa shape index (κ1) is 12.7. The first-order valence-electron chi connectivity index (χ1n) is 8.83. The highest BCUT2D eigenvalue weighted by Gasteiger charge is 2.57. The molecule has 5 aliphatic carbocycles. The van der Waals surface area contributed by atoms with Crippen molar-refractivity contribution in [3.8, 4) is 0 Å². The van der Waals surface area contributed by atoms with Crippen molar-refractivity contribution < 1.29 is 0 Å². The number of hydrogen-bond donors (Lipinski definition) is 1. The van der Waals surface area contributed by atoms with Crippen LogP contribution < -0.4 is 5.73 Å². The Labute approximate surface area is 118 Å². The molecule has 0 heterocycles. The molecule has 1 heteroatoms. The summed E-state index contributed by atoms with van der Waals surface area (Å²) in [6.07, 6.45) is 16.2. The third kappa shape index (κ3) is 2.07. The maximum atomic E-state index is 6.81. The van der Waals surface area contributed by atoms with Crippen LogP contribution in [0.25, 0.3) is 0 Å². The van der Waals surface area contributed by atoms with E-state index in [0.717, 1.165) is 17.8 Å². The van der Waals surface area contributed by atoms with E-state index in [2.05, 4.69) is 6.92 Å². The van der Waals surface area contributed by atoms with Gasteiger partial charge in [0.1, 0.15) is 0 Å². The van der Waals surface area contributed by atoms with Gasteiger partial charge in [-0.1, -0.05) is 32.6 Å². The first-order chi connectivity index (χ1) is 9.07. The van der Waals surface area contributed by atoms with Crippen LogP contribution >= 0.6 is 0 Å². The standard InChI is InChI=1S/C18H31N/c1-17-8-14-6-15(9-17)11-18(10-14,12-17)16(19)7-13-4-2-3-5-13/h13-16H,2-12,19H2,1H3. The number of rotatable bonds is 3. The van der Waals surface area contributed by atoms with Crippen molar-refractivity contribution in [3.63, 3.8) is 0 Å². The minimum Gasteiger partial charge on any atom is -0.327 e. The fourth-order valence-corrected chi connectivity index (χ4v) is 7.09. The van der Waals surface area contributed by atoms with Gasteiger partial charge in [0.2, 0.25) is 0 Å². The van der Waals surface area contributed by atoms with Crippen molar-refractivity contribution in [2.45, 2.75) is 83.6 Å². The fraction of sp³-hybridized carbons (Fsp3) is 1.00. The Morgan fingerprint density at radius 2 is 1.68 bits per heavy atom. The lowest BCUT2D eigenvalue weighted by molar-refractivity contribution is -0.115. The van der Waals surface area contributed by atoms with Gasteiger partial charge < -0.3 is 5.73 Å². The van der Waals surface area contributed by atoms with E-state index in [0.29, 0.717) is 16.9 Å². The normalized spacial score (nSPS) is 50.8. The largest absolute Gasteiger partial charge is 0.327 e. The summed E-state index contributed by atoms with van der Waals surface area (Å²) >= 11 is 0. The van der Waals surface area contributed by atoms with Gasteiger partial charge in [-0.2, -0.15) is 0 Å². The lowest BCUT2D eigenvalue weighted by atomic mass is 9.43. The zero-order valence-electron chi connectivity index (χ0n) is 12.7. The van der Waals surface area contributed by atoms with Crippen molar-refractivity contribution in [2.24, 2.45) is 34.3 Å². The first-order valence-corrected chi connectivity index (χ1v) is 8.83. The molecule has 108 valence electrons. The van der Waals surface area contributed by atoms with E-state index < -0.39 is 0 Å². The van der Waals surface area contributed by atoms with Gasteiger partial charge in [0.25, 0.3) is 0 Å². The molecular formula is C18H31N. The van der Waals surface area contributed by atoms with E-state index in [4.69, 9.17) is 5.73 Å². The molecule has 5 saturated carbocycles. The molecule has 0 aromatic heterocycles.